The summed E-state index contributed by atoms with van der Waals surface area (Å²) in [5, 5.41) is 2.83. The van der Waals surface area contributed by atoms with E-state index in [0.717, 1.165) is 25.7 Å². The van der Waals surface area contributed by atoms with Crippen LogP contribution in [0.3, 0.4) is 0 Å². The van der Waals surface area contributed by atoms with Crippen molar-refractivity contribution < 1.29 is 23.9 Å². The normalized spacial score (nSPS) is 12.1. The van der Waals surface area contributed by atoms with Gasteiger partial charge in [0.05, 0.1) is 12.9 Å². The lowest BCUT2D eigenvalue weighted by Gasteiger charge is -2.07. The Morgan fingerprint density at radius 2 is 1.62 bits per heavy atom. The molecule has 0 atom stereocenters. The number of nitrogens with zero attached hydrogens (tertiary/aromatic N) is 4. The van der Waals surface area contributed by atoms with Crippen molar-refractivity contribution in [2.24, 2.45) is 0 Å². The number of nitrogens with one attached hydrogen (secondary N) is 1. The third kappa shape index (κ3) is 13.8. The number of fused-ring (bicyclic) bond motifs is 1. The Bertz CT molecular complexity index is 991. The molecule has 0 spiro atoms. The summed E-state index contributed by atoms with van der Waals surface area (Å²) in [6, 6.07) is 0. The average molecular weight is 538 g/mol. The number of carbonyl (C=O) groups is 1. The zero-order valence-electron chi connectivity index (χ0n) is 22.2. The maximum absolute atomic E-state index is 12.4. The second-order valence-corrected chi connectivity index (χ2v) is 11.0. The lowest BCUT2D eigenvalue weighted by Crippen LogP contribution is -2.13. The highest BCUT2D eigenvalue weighted by Gasteiger charge is 2.14. The molecule has 0 aliphatic rings. The van der Waals surface area contributed by atoms with E-state index in [0.29, 0.717) is 29.9 Å². The van der Waals surface area contributed by atoms with Crippen molar-refractivity contribution in [1.29, 1.82) is 0 Å². The number of hydrogen-bond acceptors (Lipinski definition) is 6. The lowest BCUT2D eigenvalue weighted by atomic mass is 10.1. The average Bonchev–Trinajstić information content (AvgIpc) is 3.28. The molecule has 0 unspecified atom stereocenters. The Kier molecular flexibility index (Phi) is 15.3. The van der Waals surface area contributed by atoms with Crippen LogP contribution in [0.1, 0.15) is 96.8 Å². The summed E-state index contributed by atoms with van der Waals surface area (Å²) in [6.45, 7) is 2.66. The summed E-state index contributed by atoms with van der Waals surface area (Å²) in [6.07, 6.45) is 23.1. The number of unbranched alkanes of at least 4 members (excludes halogenated alkanes) is 11. The fourth-order valence-electron chi connectivity index (χ4n) is 4.03. The van der Waals surface area contributed by atoms with Crippen molar-refractivity contribution in [2.75, 3.05) is 18.3 Å². The molecule has 2 aromatic heterocycles. The van der Waals surface area contributed by atoms with E-state index in [-0.39, 0.29) is 12.5 Å². The summed E-state index contributed by atoms with van der Waals surface area (Å²) in [5.41, 5.74) is 0.987. The smallest absolute Gasteiger partial charge is 0.350 e. The molecule has 0 bridgehead atoms. The van der Waals surface area contributed by atoms with E-state index in [2.05, 4.69) is 39.3 Å². The van der Waals surface area contributed by atoms with Crippen molar-refractivity contribution in [3.05, 3.63) is 24.8 Å². The van der Waals surface area contributed by atoms with Gasteiger partial charge >= 0.3 is 7.60 Å². The third-order valence-corrected chi connectivity index (χ3v) is 6.58. The Labute approximate surface area is 220 Å². The molecule has 11 heteroatoms. The molecule has 37 heavy (non-hydrogen) atoms. The van der Waals surface area contributed by atoms with Gasteiger partial charge < -0.3 is 24.4 Å². The summed E-state index contributed by atoms with van der Waals surface area (Å²) in [5.74, 6) is 0.259. The van der Waals surface area contributed by atoms with Gasteiger partial charge in [-0.05, 0) is 32.1 Å². The molecule has 0 aliphatic heterocycles. The third-order valence-electron chi connectivity index (χ3n) is 6.06. The molecule has 2 aromatic rings. The van der Waals surface area contributed by atoms with Crippen molar-refractivity contribution in [3.63, 3.8) is 0 Å². The van der Waals surface area contributed by atoms with Gasteiger partial charge in [-0.15, -0.1) is 0 Å². The first-order valence-corrected chi connectivity index (χ1v) is 15.4. The van der Waals surface area contributed by atoms with Crippen molar-refractivity contribution in [1.82, 2.24) is 19.5 Å². The molecular formula is C26H44N5O5P. The van der Waals surface area contributed by atoms with E-state index in [1.807, 2.05) is 0 Å². The molecule has 0 saturated heterocycles. The molecule has 1 amide bonds. The van der Waals surface area contributed by atoms with Gasteiger partial charge in [-0.25, -0.2) is 15.0 Å². The largest absolute Gasteiger partial charge is 0.367 e. The highest BCUT2D eigenvalue weighted by molar-refractivity contribution is 7.51. The summed E-state index contributed by atoms with van der Waals surface area (Å²) in [7, 11) is -4.20. The minimum Gasteiger partial charge on any atom is -0.367 e. The molecule has 3 N–H and O–H groups in total. The second-order valence-electron chi connectivity index (χ2n) is 9.42. The van der Waals surface area contributed by atoms with Crippen LogP contribution in [-0.4, -0.2) is 48.2 Å². The molecule has 0 saturated carbocycles. The zero-order valence-corrected chi connectivity index (χ0v) is 23.1. The first kappa shape index (κ1) is 31.1. The van der Waals surface area contributed by atoms with Gasteiger partial charge in [0.2, 0.25) is 5.91 Å². The van der Waals surface area contributed by atoms with Gasteiger partial charge in [0.1, 0.15) is 12.7 Å². The molecule has 10 nitrogen and oxygen atoms in total. The van der Waals surface area contributed by atoms with Crippen LogP contribution in [0.5, 0.6) is 0 Å². The standard InChI is InChI=1S/C26H44N5O5P/c1-2-3-4-5-6-7-8-9-10-11-12-13-14-15-16-17-23(32)30-25-24-26(28-20-27-25)31(21-29-24)18-19-36-22-37(33,34)35/h9-10,20-21H,2-8,11-19,22H2,1H3,(H2,33,34,35)(H,27,28,30,32)/b10-9-. The molecule has 0 aliphatic carbocycles. The number of hydrogen-bond donors (Lipinski definition) is 3. The van der Waals surface area contributed by atoms with Crippen LogP contribution >= 0.6 is 7.60 Å². The van der Waals surface area contributed by atoms with E-state index in [1.54, 1.807) is 10.9 Å². The molecular weight excluding hydrogens is 493 g/mol. The zero-order chi connectivity index (χ0) is 26.8. The van der Waals surface area contributed by atoms with Crippen molar-refractivity contribution in [3.8, 4) is 0 Å². The van der Waals surface area contributed by atoms with Crippen LogP contribution in [0.4, 0.5) is 5.82 Å². The molecule has 0 fully saturated rings. The van der Waals surface area contributed by atoms with E-state index in [9.17, 15) is 9.36 Å². The highest BCUT2D eigenvalue weighted by Crippen LogP contribution is 2.33. The van der Waals surface area contributed by atoms with E-state index >= 15 is 0 Å². The second kappa shape index (κ2) is 18.2. The van der Waals surface area contributed by atoms with Crippen LogP contribution in [0, 0.1) is 0 Å². The summed E-state index contributed by atoms with van der Waals surface area (Å²) in [4.78, 5) is 42.7. The number of rotatable bonds is 21. The number of allylic oxidation sites excluding steroid dienone is 2. The van der Waals surface area contributed by atoms with Crippen molar-refractivity contribution in [2.45, 2.75) is 103 Å². The predicted molar refractivity (Wildman–Crippen MR) is 146 cm³/mol. The number of imidazole rings is 1. The summed E-state index contributed by atoms with van der Waals surface area (Å²) < 4.78 is 17.6. The minimum absolute atomic E-state index is 0.0950. The molecule has 2 rings (SSSR count). The molecule has 208 valence electrons. The van der Waals surface area contributed by atoms with Crippen LogP contribution in [0.2, 0.25) is 0 Å². The van der Waals surface area contributed by atoms with Gasteiger partial charge in [0.25, 0.3) is 0 Å². The maximum Gasteiger partial charge on any atom is 0.350 e. The number of anilines is 1. The number of ether oxygens (including phenoxy) is 1. The number of aromatic nitrogens is 4. The first-order valence-electron chi connectivity index (χ1n) is 13.6. The van der Waals surface area contributed by atoms with Crippen molar-refractivity contribution >= 4 is 30.5 Å². The topological polar surface area (TPSA) is 139 Å². The molecule has 0 aromatic carbocycles. The fraction of sp³-hybridized carbons (Fsp3) is 0.692. The van der Waals surface area contributed by atoms with Gasteiger partial charge in [0, 0.05) is 13.0 Å². The minimum atomic E-state index is -4.20. The SMILES string of the molecule is CCCCCCCC/C=C\CCCCCCCC(=O)Nc1ncnc2c1ncn2CCOCP(=O)(O)O. The fourth-order valence-corrected chi connectivity index (χ4v) is 4.40. The quantitative estimate of drug-likeness (QED) is 0.101. The Morgan fingerprint density at radius 1 is 0.973 bits per heavy atom. The van der Waals surface area contributed by atoms with Crippen LogP contribution < -0.4 is 5.32 Å². The van der Waals surface area contributed by atoms with Crippen LogP contribution in [0.25, 0.3) is 11.2 Å². The Balaban J connectivity index is 1.56. The van der Waals surface area contributed by atoms with E-state index < -0.39 is 13.9 Å². The number of carbonyl (C=O) groups excluding carboxylic acids is 1. The van der Waals surface area contributed by atoms with Gasteiger partial charge in [0.15, 0.2) is 17.0 Å². The maximum atomic E-state index is 12.4. The number of amides is 1. The van der Waals surface area contributed by atoms with Gasteiger partial charge in [-0.3, -0.25) is 9.36 Å². The molecule has 2 heterocycles. The Hall–Kier alpha value is -2.13. The monoisotopic (exact) mass is 537 g/mol. The van der Waals surface area contributed by atoms with Crippen LogP contribution in [-0.2, 0) is 20.6 Å². The van der Waals surface area contributed by atoms with E-state index in [4.69, 9.17) is 14.5 Å². The highest BCUT2D eigenvalue weighted by atomic mass is 31.2. The van der Waals surface area contributed by atoms with Crippen LogP contribution in [0.15, 0.2) is 24.8 Å². The van der Waals surface area contributed by atoms with Gasteiger partial charge in [-0.1, -0.05) is 70.4 Å². The Morgan fingerprint density at radius 3 is 2.30 bits per heavy atom. The van der Waals surface area contributed by atoms with E-state index in [1.165, 1.54) is 64.1 Å². The first-order chi connectivity index (χ1) is 17.9. The lowest BCUT2D eigenvalue weighted by molar-refractivity contribution is -0.116. The molecule has 0 radical (unpaired) electrons. The predicted octanol–water partition coefficient (Wildman–Crippen LogP) is 5.95. The summed E-state index contributed by atoms with van der Waals surface area (Å²) >= 11 is 0. The van der Waals surface area contributed by atoms with Gasteiger partial charge in [-0.2, -0.15) is 0 Å².